The molecule has 3 heteroatoms. The van der Waals surface area contributed by atoms with E-state index in [0.29, 0.717) is 0 Å². The van der Waals surface area contributed by atoms with Crippen molar-refractivity contribution >= 4 is 28.9 Å². The lowest BCUT2D eigenvalue weighted by Gasteiger charge is -2.04. The molecule has 22 heavy (non-hydrogen) atoms. The summed E-state index contributed by atoms with van der Waals surface area (Å²) in [5.74, 6) is 0.996. The molecule has 1 nitrogen and oxygen atoms in total. The number of aryl methyl sites for hydroxylation is 1. The number of carbonyl (C=O) groups excluding carboxylic acids is 1. The molecule has 110 valence electrons. The van der Waals surface area contributed by atoms with Crippen LogP contribution in [0.5, 0.6) is 0 Å². The van der Waals surface area contributed by atoms with Crippen molar-refractivity contribution in [1.82, 2.24) is 0 Å². The van der Waals surface area contributed by atoms with Gasteiger partial charge < -0.3 is 0 Å². The third-order valence-electron chi connectivity index (χ3n) is 3.31. The van der Waals surface area contributed by atoms with Gasteiger partial charge >= 0.3 is 0 Å². The van der Waals surface area contributed by atoms with Gasteiger partial charge in [0, 0.05) is 21.8 Å². The van der Waals surface area contributed by atoms with Crippen LogP contribution in [0.2, 0.25) is 0 Å². The number of thiophene rings is 1. The summed E-state index contributed by atoms with van der Waals surface area (Å²) in [6.45, 7) is 2.05. The highest BCUT2D eigenvalue weighted by atomic mass is 32.2. The van der Waals surface area contributed by atoms with Gasteiger partial charge in [-0.15, -0.1) is 23.1 Å². The van der Waals surface area contributed by atoms with Crippen LogP contribution < -0.4 is 0 Å². The second-order valence-electron chi connectivity index (χ2n) is 5.03. The predicted octanol–water partition coefficient (Wildman–Crippen LogP) is 5.58. The Kier molecular flexibility index (Phi) is 4.76. The van der Waals surface area contributed by atoms with E-state index in [1.165, 1.54) is 10.4 Å². The Balaban J connectivity index is 1.82. The fraction of sp³-hybridized carbons (Fsp3) is 0.105. The molecule has 2 aromatic carbocycles. The van der Waals surface area contributed by atoms with Crippen molar-refractivity contribution in [3.63, 3.8) is 0 Å². The molecule has 1 aromatic heterocycles. The van der Waals surface area contributed by atoms with E-state index in [4.69, 9.17) is 0 Å². The van der Waals surface area contributed by atoms with Gasteiger partial charge in [-0.3, -0.25) is 4.79 Å². The molecule has 0 unspecified atom stereocenters. The summed E-state index contributed by atoms with van der Waals surface area (Å²) in [7, 11) is 0. The molecule has 0 N–H and O–H groups in total. The van der Waals surface area contributed by atoms with Crippen molar-refractivity contribution in [3.05, 3.63) is 88.3 Å². The first-order chi connectivity index (χ1) is 10.7. The average Bonchev–Trinajstić information content (AvgIpc) is 2.95. The van der Waals surface area contributed by atoms with Gasteiger partial charge in [-0.05, 0) is 18.6 Å². The number of hydrogen-bond donors (Lipinski definition) is 0. The van der Waals surface area contributed by atoms with Crippen LogP contribution in [0, 0.1) is 6.92 Å². The molecule has 0 radical (unpaired) electrons. The lowest BCUT2D eigenvalue weighted by Crippen LogP contribution is -2.00. The minimum Gasteiger partial charge on any atom is -0.289 e. The maximum atomic E-state index is 12.7. The summed E-state index contributed by atoms with van der Waals surface area (Å²) >= 11 is 3.44. The van der Waals surface area contributed by atoms with Crippen LogP contribution in [0.4, 0.5) is 0 Å². The zero-order valence-corrected chi connectivity index (χ0v) is 13.9. The van der Waals surface area contributed by atoms with Crippen LogP contribution in [0.15, 0.2) is 70.9 Å². The topological polar surface area (TPSA) is 17.1 Å². The third kappa shape index (κ3) is 3.49. The van der Waals surface area contributed by atoms with Gasteiger partial charge in [0.1, 0.15) is 0 Å². The number of hydrogen-bond acceptors (Lipinski definition) is 3. The van der Waals surface area contributed by atoms with Crippen LogP contribution in [0.25, 0.3) is 0 Å². The number of rotatable bonds is 5. The zero-order valence-electron chi connectivity index (χ0n) is 12.3. The Morgan fingerprint density at radius 2 is 1.64 bits per heavy atom. The Hall–Kier alpha value is -1.84. The third-order valence-corrected chi connectivity index (χ3v) is 5.72. The Morgan fingerprint density at radius 3 is 2.32 bits per heavy atom. The average molecular weight is 324 g/mol. The maximum Gasteiger partial charge on any atom is 0.195 e. The quantitative estimate of drug-likeness (QED) is 0.450. The molecule has 0 fully saturated rings. The molecule has 0 saturated heterocycles. The van der Waals surface area contributed by atoms with Crippen molar-refractivity contribution in [1.29, 1.82) is 0 Å². The summed E-state index contributed by atoms with van der Waals surface area (Å²) < 4.78 is 1.11. The second kappa shape index (κ2) is 6.95. The molecule has 3 rings (SSSR count). The molecular weight excluding hydrogens is 308 g/mol. The fourth-order valence-electron chi connectivity index (χ4n) is 2.23. The maximum absolute atomic E-state index is 12.7. The van der Waals surface area contributed by atoms with E-state index in [1.807, 2.05) is 54.6 Å². The Labute approximate surface area is 139 Å². The number of thioether (sulfide) groups is 1. The normalized spacial score (nSPS) is 10.6. The lowest BCUT2D eigenvalue weighted by atomic mass is 10.1. The van der Waals surface area contributed by atoms with Crippen LogP contribution in [0.1, 0.15) is 26.4 Å². The molecule has 3 aromatic rings. The highest BCUT2D eigenvalue weighted by Crippen LogP contribution is 2.35. The first-order valence-electron chi connectivity index (χ1n) is 7.11. The molecular formula is C19H16OS2. The van der Waals surface area contributed by atoms with Crippen molar-refractivity contribution < 1.29 is 4.79 Å². The van der Waals surface area contributed by atoms with Crippen LogP contribution in [-0.4, -0.2) is 5.78 Å². The Bertz CT molecular complexity index is 761. The van der Waals surface area contributed by atoms with Gasteiger partial charge in [0.15, 0.2) is 5.78 Å². The van der Waals surface area contributed by atoms with E-state index < -0.39 is 0 Å². The number of carbonyl (C=O) groups is 1. The highest BCUT2D eigenvalue weighted by Gasteiger charge is 2.16. The van der Waals surface area contributed by atoms with Crippen molar-refractivity contribution in [2.24, 2.45) is 0 Å². The summed E-state index contributed by atoms with van der Waals surface area (Å²) in [6.07, 6.45) is 0. The van der Waals surface area contributed by atoms with Gasteiger partial charge in [-0.1, -0.05) is 60.7 Å². The molecule has 0 saturated carbocycles. The summed E-state index contributed by atoms with van der Waals surface area (Å²) in [6, 6.07) is 21.9. The van der Waals surface area contributed by atoms with E-state index >= 15 is 0 Å². The van der Waals surface area contributed by atoms with Crippen molar-refractivity contribution in [3.8, 4) is 0 Å². The summed E-state index contributed by atoms with van der Waals surface area (Å²) in [5, 5.41) is 0. The molecule has 0 spiro atoms. The van der Waals surface area contributed by atoms with Gasteiger partial charge in [-0.25, -0.2) is 0 Å². The fourth-order valence-corrected chi connectivity index (χ4v) is 4.56. The van der Waals surface area contributed by atoms with E-state index in [0.717, 1.165) is 21.1 Å². The molecule has 1 heterocycles. The second-order valence-corrected chi connectivity index (χ2v) is 7.53. The minimum absolute atomic E-state index is 0.112. The summed E-state index contributed by atoms with van der Waals surface area (Å²) in [5.41, 5.74) is 2.85. The van der Waals surface area contributed by atoms with Crippen molar-refractivity contribution in [2.45, 2.75) is 16.9 Å². The largest absolute Gasteiger partial charge is 0.289 e. The summed E-state index contributed by atoms with van der Waals surface area (Å²) in [4.78, 5) is 13.9. The molecule has 0 aliphatic rings. The van der Waals surface area contributed by atoms with Gasteiger partial charge in [0.25, 0.3) is 0 Å². The van der Waals surface area contributed by atoms with E-state index in [2.05, 4.69) is 19.1 Å². The molecule has 0 atom stereocenters. The van der Waals surface area contributed by atoms with Gasteiger partial charge in [0.2, 0.25) is 0 Å². The van der Waals surface area contributed by atoms with Crippen LogP contribution >= 0.6 is 23.1 Å². The molecule has 0 aliphatic heterocycles. The van der Waals surface area contributed by atoms with E-state index in [9.17, 15) is 4.79 Å². The van der Waals surface area contributed by atoms with E-state index in [1.54, 1.807) is 23.1 Å². The zero-order chi connectivity index (χ0) is 15.4. The lowest BCUT2D eigenvalue weighted by molar-refractivity contribution is 0.103. The van der Waals surface area contributed by atoms with Gasteiger partial charge in [0.05, 0.1) is 4.21 Å². The van der Waals surface area contributed by atoms with Crippen LogP contribution in [0.3, 0.4) is 0 Å². The first-order valence-corrected chi connectivity index (χ1v) is 8.91. The SMILES string of the molecule is Cc1cc(C(=O)c2ccccc2)c(SCc2ccccc2)s1. The highest BCUT2D eigenvalue weighted by molar-refractivity contribution is 8.00. The Morgan fingerprint density at radius 1 is 1.00 bits per heavy atom. The van der Waals surface area contributed by atoms with Crippen molar-refractivity contribution in [2.75, 3.05) is 0 Å². The minimum atomic E-state index is 0.112. The van der Waals surface area contributed by atoms with Crippen LogP contribution in [-0.2, 0) is 5.75 Å². The number of benzene rings is 2. The smallest absolute Gasteiger partial charge is 0.195 e. The molecule has 0 aliphatic carbocycles. The molecule has 0 bridgehead atoms. The molecule has 0 amide bonds. The number of ketones is 1. The van der Waals surface area contributed by atoms with Gasteiger partial charge in [-0.2, -0.15) is 0 Å². The first kappa shape index (κ1) is 15.1. The van der Waals surface area contributed by atoms with E-state index in [-0.39, 0.29) is 5.78 Å². The standard InChI is InChI=1S/C19H16OS2/c1-14-12-17(18(20)16-10-6-3-7-11-16)19(22-14)21-13-15-8-4-2-5-9-15/h2-12H,13H2,1H3. The predicted molar refractivity (Wildman–Crippen MR) is 94.9 cm³/mol. The monoisotopic (exact) mass is 324 g/mol.